The second-order valence-corrected chi connectivity index (χ2v) is 3.33. The Labute approximate surface area is 76.5 Å². The predicted octanol–water partition coefficient (Wildman–Crippen LogP) is 2.65. The Morgan fingerprint density at radius 2 is 1.50 bits per heavy atom. The minimum Gasteiger partial charge on any atom is -0.299 e. The fraction of sp³-hybridized carbons (Fsp3) is 0.889. The molecule has 0 unspecified atom stereocenters. The van der Waals surface area contributed by atoms with Gasteiger partial charge in [0.25, 0.3) is 0 Å². The van der Waals surface area contributed by atoms with Crippen LogP contribution < -0.4 is 0 Å². The molecule has 60 valence electrons. The van der Waals surface area contributed by atoms with E-state index in [1.165, 1.54) is 20.8 Å². The van der Waals surface area contributed by atoms with Crippen LogP contribution in [0, 0.1) is 10.8 Å². The molecule has 0 aliphatic heterocycles. The maximum Gasteiger partial charge on any atom is 0.143 e. The molecule has 1 nitrogen and oxygen atoms in total. The standard InChI is InChI=1S/C9H18O/c1-8(2,3)7(10)9(4,5)6/h1-6H3/i1D3,2D3,3D3. The molecule has 0 aliphatic carbocycles. The number of rotatable bonds is 0. The number of carbonyl (C=O) groups excluding carboxylic acids is 1. The van der Waals surface area contributed by atoms with Crippen LogP contribution in [-0.2, 0) is 4.79 Å². The van der Waals surface area contributed by atoms with E-state index in [2.05, 4.69) is 0 Å². The lowest BCUT2D eigenvalue weighted by atomic mass is 9.76. The van der Waals surface area contributed by atoms with E-state index >= 15 is 0 Å². The molecule has 0 aromatic carbocycles. The molecule has 0 bridgehead atoms. The Hall–Kier alpha value is -0.330. The maximum atomic E-state index is 12.3. The summed E-state index contributed by atoms with van der Waals surface area (Å²) in [6.45, 7) is -6.50. The van der Waals surface area contributed by atoms with Gasteiger partial charge in [-0.1, -0.05) is 41.3 Å². The first-order chi connectivity index (χ1) is 7.90. The summed E-state index contributed by atoms with van der Waals surface area (Å²) in [4.78, 5) is 12.3. The highest BCUT2D eigenvalue weighted by Gasteiger charge is 2.31. The minimum absolute atomic E-state index is 1.30. The lowest BCUT2D eigenvalue weighted by molar-refractivity contribution is -0.134. The molecule has 0 aromatic heterocycles. The van der Waals surface area contributed by atoms with Crippen molar-refractivity contribution in [3.63, 3.8) is 0 Å². The van der Waals surface area contributed by atoms with E-state index in [0.29, 0.717) is 0 Å². The van der Waals surface area contributed by atoms with Gasteiger partial charge in [0.05, 0.1) is 0 Å². The molecule has 0 atom stereocenters. The Balaban J connectivity index is 6.55. The topological polar surface area (TPSA) is 17.1 Å². The average molecular weight is 151 g/mol. The molecule has 0 spiro atoms. The van der Waals surface area contributed by atoms with Gasteiger partial charge in [-0.3, -0.25) is 4.79 Å². The molecule has 0 saturated carbocycles. The molecule has 0 radical (unpaired) electrons. The molecule has 0 fully saturated rings. The summed E-state index contributed by atoms with van der Waals surface area (Å²) in [5, 5.41) is 0. The quantitative estimate of drug-likeness (QED) is 0.520. The molecule has 1 heteroatoms. The van der Waals surface area contributed by atoms with E-state index in [1.54, 1.807) is 0 Å². The Bertz CT molecular complexity index is 316. The average Bonchev–Trinajstić information content (AvgIpc) is 1.92. The first-order valence-corrected chi connectivity index (χ1v) is 2.95. The third kappa shape index (κ3) is 2.51. The third-order valence-corrected chi connectivity index (χ3v) is 1.02. The van der Waals surface area contributed by atoms with Gasteiger partial charge in [-0.15, -0.1) is 0 Å². The summed E-state index contributed by atoms with van der Waals surface area (Å²) in [6.07, 6.45) is 0. The van der Waals surface area contributed by atoms with Crippen LogP contribution in [0.15, 0.2) is 0 Å². The van der Waals surface area contributed by atoms with Gasteiger partial charge in [0.2, 0.25) is 0 Å². The van der Waals surface area contributed by atoms with Crippen molar-refractivity contribution in [1.29, 1.82) is 0 Å². The number of ketones is 1. The van der Waals surface area contributed by atoms with Crippen molar-refractivity contribution in [2.24, 2.45) is 10.8 Å². The second kappa shape index (κ2) is 2.37. The monoisotopic (exact) mass is 151 g/mol. The molecule has 0 amide bonds. The molecule has 0 heterocycles. The van der Waals surface area contributed by atoms with E-state index < -0.39 is 37.2 Å². The summed E-state index contributed by atoms with van der Waals surface area (Å²) in [7, 11) is 0. The zero-order chi connectivity index (χ0) is 16.1. The summed E-state index contributed by atoms with van der Waals surface area (Å²) in [5.74, 6) is -1.31. The zero-order valence-electron chi connectivity index (χ0n) is 15.4. The van der Waals surface area contributed by atoms with E-state index in [-0.39, 0.29) is 0 Å². The van der Waals surface area contributed by atoms with Crippen molar-refractivity contribution < 1.29 is 17.1 Å². The molecule has 0 saturated heterocycles. The first kappa shape index (κ1) is 2.33. The Kier molecular flexibility index (Phi) is 0.552. The fourth-order valence-corrected chi connectivity index (χ4v) is 0.562. The van der Waals surface area contributed by atoms with Crippen LogP contribution >= 0.6 is 0 Å². The van der Waals surface area contributed by atoms with Gasteiger partial charge in [0.1, 0.15) is 5.78 Å². The smallest absolute Gasteiger partial charge is 0.143 e. The van der Waals surface area contributed by atoms with Gasteiger partial charge in [-0.05, 0) is 0 Å². The third-order valence-electron chi connectivity index (χ3n) is 1.02. The van der Waals surface area contributed by atoms with Gasteiger partial charge in [-0.2, -0.15) is 0 Å². The Morgan fingerprint density at radius 3 is 1.60 bits per heavy atom. The molecular formula is C9H18O. The lowest BCUT2D eigenvalue weighted by Gasteiger charge is -2.26. The van der Waals surface area contributed by atoms with Crippen LogP contribution in [0.5, 0.6) is 0 Å². The van der Waals surface area contributed by atoms with Crippen molar-refractivity contribution in [1.82, 2.24) is 0 Å². The molecule has 0 rings (SSSR count). The second-order valence-electron chi connectivity index (χ2n) is 3.33. The van der Waals surface area contributed by atoms with Crippen LogP contribution in [0.2, 0.25) is 0 Å². The van der Waals surface area contributed by atoms with Gasteiger partial charge in [-0.25, -0.2) is 0 Å². The van der Waals surface area contributed by atoms with E-state index in [1.807, 2.05) is 0 Å². The Morgan fingerprint density at radius 1 is 1.10 bits per heavy atom. The normalized spacial score (nSPS) is 30.5. The largest absolute Gasteiger partial charge is 0.299 e. The number of hydrogen-bond acceptors (Lipinski definition) is 1. The number of hydrogen-bond donors (Lipinski definition) is 0. The van der Waals surface area contributed by atoms with E-state index in [0.717, 1.165) is 0 Å². The van der Waals surface area contributed by atoms with Gasteiger partial charge in [0.15, 0.2) is 0 Å². The summed E-state index contributed by atoms with van der Waals surface area (Å²) in [5.41, 5.74) is -4.79. The molecule has 0 N–H and O–H groups in total. The van der Waals surface area contributed by atoms with Crippen LogP contribution in [0.25, 0.3) is 0 Å². The molecule has 10 heavy (non-hydrogen) atoms. The number of carbonyl (C=O) groups is 1. The summed E-state index contributed by atoms with van der Waals surface area (Å²) < 4.78 is 66.2. The van der Waals surface area contributed by atoms with E-state index in [4.69, 9.17) is 12.3 Å². The highest BCUT2D eigenvalue weighted by molar-refractivity contribution is 5.88. The van der Waals surface area contributed by atoms with Crippen LogP contribution in [0.4, 0.5) is 0 Å². The van der Waals surface area contributed by atoms with Crippen molar-refractivity contribution in [3.8, 4) is 0 Å². The summed E-state index contributed by atoms with van der Waals surface area (Å²) >= 11 is 0. The van der Waals surface area contributed by atoms with Gasteiger partial charge in [0, 0.05) is 23.2 Å². The predicted molar refractivity (Wildman–Crippen MR) is 43.9 cm³/mol. The fourth-order valence-electron chi connectivity index (χ4n) is 0.562. The molecular weight excluding hydrogens is 124 g/mol. The molecule has 0 aromatic rings. The van der Waals surface area contributed by atoms with E-state index in [9.17, 15) is 4.79 Å². The van der Waals surface area contributed by atoms with Crippen molar-refractivity contribution in [3.05, 3.63) is 0 Å². The number of Topliss-reactive ketones (excluding diaryl/α,β-unsaturated/α-hetero) is 1. The van der Waals surface area contributed by atoms with Crippen molar-refractivity contribution >= 4 is 5.78 Å². The zero-order valence-corrected chi connectivity index (χ0v) is 6.41. The van der Waals surface area contributed by atoms with Gasteiger partial charge >= 0.3 is 0 Å². The van der Waals surface area contributed by atoms with Crippen molar-refractivity contribution in [2.45, 2.75) is 41.3 Å². The van der Waals surface area contributed by atoms with Crippen LogP contribution in [-0.4, -0.2) is 5.78 Å². The van der Waals surface area contributed by atoms with Crippen molar-refractivity contribution in [2.75, 3.05) is 0 Å². The maximum absolute atomic E-state index is 12.3. The lowest BCUT2D eigenvalue weighted by Crippen LogP contribution is -2.32. The van der Waals surface area contributed by atoms with Gasteiger partial charge < -0.3 is 0 Å². The highest BCUT2D eigenvalue weighted by atomic mass is 16.1. The highest BCUT2D eigenvalue weighted by Crippen LogP contribution is 2.27. The summed E-state index contributed by atoms with van der Waals surface area (Å²) in [6, 6.07) is 0. The first-order valence-electron chi connectivity index (χ1n) is 7.45. The van der Waals surface area contributed by atoms with Crippen LogP contribution in [0.1, 0.15) is 53.7 Å². The van der Waals surface area contributed by atoms with Crippen LogP contribution in [0.3, 0.4) is 0 Å². The molecule has 0 aliphatic rings. The minimum atomic E-state index is -3.46. The SMILES string of the molecule is [2H]C([2H])([2H])C(C(=O)C(C)(C)C)(C([2H])([2H])[2H])C([2H])([2H])[2H].